The van der Waals surface area contributed by atoms with Gasteiger partial charge in [-0.2, -0.15) is 0 Å². The third kappa shape index (κ3) is 2.21. The molecule has 0 bridgehead atoms. The van der Waals surface area contributed by atoms with Gasteiger partial charge in [0.25, 0.3) is 0 Å². The van der Waals surface area contributed by atoms with Crippen LogP contribution in [0.15, 0.2) is 18.2 Å². The monoisotopic (exact) mass is 269 g/mol. The molecule has 0 aliphatic carbocycles. The number of hydrogen-bond donors (Lipinski definition) is 1. The van der Waals surface area contributed by atoms with Gasteiger partial charge in [0.2, 0.25) is 0 Å². The van der Waals surface area contributed by atoms with Crippen molar-refractivity contribution < 1.29 is 0 Å². The predicted molar refractivity (Wildman–Crippen MR) is 64.4 cm³/mol. The number of aromatic nitrogens is 2. The van der Waals surface area contributed by atoms with Crippen LogP contribution in [0.25, 0.3) is 11.0 Å². The van der Waals surface area contributed by atoms with E-state index in [9.17, 15) is 0 Å². The molecule has 0 fully saturated rings. The molecule has 1 N–H and O–H groups in total. The molecule has 0 saturated heterocycles. The van der Waals surface area contributed by atoms with Crippen LogP contribution in [-0.4, -0.2) is 29.0 Å². The zero-order valence-electron chi connectivity index (χ0n) is 9.19. The molecule has 80 valence electrons. The summed E-state index contributed by atoms with van der Waals surface area (Å²) < 4.78 is 8.81. The van der Waals surface area contributed by atoms with Gasteiger partial charge >= 0.3 is 95.9 Å². The number of hydrogen-bond acceptors (Lipinski definition) is 3. The van der Waals surface area contributed by atoms with E-state index in [1.165, 1.54) is 0 Å². The van der Waals surface area contributed by atoms with Crippen molar-refractivity contribution >= 4 is 31.7 Å². The third-order valence-electron chi connectivity index (χ3n) is 2.67. The van der Waals surface area contributed by atoms with E-state index in [4.69, 9.17) is 0 Å². The second kappa shape index (κ2) is 4.33. The van der Waals surface area contributed by atoms with Crippen LogP contribution >= 0.6 is 0 Å². The van der Waals surface area contributed by atoms with Crippen molar-refractivity contribution in [3.8, 4) is 0 Å². The van der Waals surface area contributed by atoms with Crippen LogP contribution in [-0.2, 0) is 0 Å². The summed E-state index contributed by atoms with van der Waals surface area (Å²) in [4.78, 5) is 0. The average molecular weight is 268 g/mol. The van der Waals surface area contributed by atoms with Crippen molar-refractivity contribution in [1.82, 2.24) is 7.96 Å². The molecule has 1 aromatic carbocycles. The summed E-state index contributed by atoms with van der Waals surface area (Å²) in [5.74, 6) is 0.615. The van der Waals surface area contributed by atoms with E-state index in [0.717, 1.165) is 16.7 Å². The van der Waals surface area contributed by atoms with E-state index in [1.54, 1.807) is 0 Å². The summed E-state index contributed by atoms with van der Waals surface area (Å²) in [6.45, 7) is 6.62. The quantitative estimate of drug-likeness (QED) is 0.867. The van der Waals surface area contributed by atoms with Crippen molar-refractivity contribution in [3.63, 3.8) is 0 Å². The molecule has 4 heteroatoms. The summed E-state index contributed by atoms with van der Waals surface area (Å²) in [6.07, 6.45) is 0. The Morgan fingerprint density at radius 1 is 1.20 bits per heavy atom. The summed E-state index contributed by atoms with van der Waals surface area (Å²) in [5.41, 5.74) is 3.21. The molecule has 1 heterocycles. The topological polar surface area (TPSA) is 37.8 Å². The van der Waals surface area contributed by atoms with Crippen LogP contribution in [0.2, 0.25) is 0 Å². The summed E-state index contributed by atoms with van der Waals surface area (Å²) in [7, 11) is 0. The first-order valence-electron chi connectivity index (χ1n) is 5.16. The molecule has 0 saturated carbocycles. The molecule has 0 spiro atoms. The van der Waals surface area contributed by atoms with Gasteiger partial charge in [-0.25, -0.2) is 0 Å². The van der Waals surface area contributed by atoms with E-state index in [0.29, 0.717) is 12.0 Å². The number of rotatable bonds is 3. The van der Waals surface area contributed by atoms with Gasteiger partial charge < -0.3 is 0 Å². The van der Waals surface area contributed by atoms with Gasteiger partial charge in [-0.05, 0) is 0 Å². The van der Waals surface area contributed by atoms with Gasteiger partial charge in [0, 0.05) is 0 Å². The van der Waals surface area contributed by atoms with Crippen LogP contribution in [0.5, 0.6) is 0 Å². The molecule has 3 nitrogen and oxygen atoms in total. The van der Waals surface area contributed by atoms with E-state index < -0.39 is 0 Å². The second-order valence-electron chi connectivity index (χ2n) is 4.11. The summed E-state index contributed by atoms with van der Waals surface area (Å²) in [5, 5.41) is 3.50. The molecule has 2 rings (SSSR count). The molecule has 1 aromatic heterocycles. The molecule has 1 atom stereocenters. The molecule has 0 amide bonds. The number of anilines is 1. The Labute approximate surface area is 96.1 Å². The van der Waals surface area contributed by atoms with Crippen LogP contribution < -0.4 is 5.32 Å². The van der Waals surface area contributed by atoms with Gasteiger partial charge in [-0.15, -0.1) is 0 Å². The van der Waals surface area contributed by atoms with Crippen molar-refractivity contribution in [1.29, 1.82) is 0 Å². The Balaban J connectivity index is 2.31. The molecular weight excluding hydrogens is 253 g/mol. The van der Waals surface area contributed by atoms with E-state index in [2.05, 4.69) is 40.1 Å². The Morgan fingerprint density at radius 2 is 2.00 bits per heavy atom. The van der Waals surface area contributed by atoms with Crippen LogP contribution in [0, 0.1) is 5.92 Å². The SMILES string of the molecule is CC(C)C(C)Nc1cccc2n[se]nc12. The van der Waals surface area contributed by atoms with Gasteiger partial charge in [0.15, 0.2) is 0 Å². The van der Waals surface area contributed by atoms with Crippen molar-refractivity contribution in [2.24, 2.45) is 5.92 Å². The molecule has 2 aromatic rings. The van der Waals surface area contributed by atoms with E-state index >= 15 is 0 Å². The normalized spacial score (nSPS) is 13.3. The van der Waals surface area contributed by atoms with Gasteiger partial charge in [-0.3, -0.25) is 0 Å². The van der Waals surface area contributed by atoms with Gasteiger partial charge in [0.1, 0.15) is 0 Å². The minimum atomic E-state index is 0.0567. The third-order valence-corrected chi connectivity index (χ3v) is 3.81. The first-order chi connectivity index (χ1) is 7.18. The van der Waals surface area contributed by atoms with Crippen molar-refractivity contribution in [2.45, 2.75) is 26.8 Å². The van der Waals surface area contributed by atoms with Gasteiger partial charge in [0.05, 0.1) is 0 Å². The molecule has 1 unspecified atom stereocenters. The molecule has 0 aliphatic heterocycles. The zero-order valence-corrected chi connectivity index (χ0v) is 10.9. The number of nitrogens with one attached hydrogen (secondary N) is 1. The molecule has 0 radical (unpaired) electrons. The maximum absolute atomic E-state index is 4.44. The number of fused-ring (bicyclic) bond motifs is 1. The van der Waals surface area contributed by atoms with Crippen LogP contribution in [0.4, 0.5) is 5.69 Å². The Bertz CT molecular complexity index is 450. The predicted octanol–water partition coefficient (Wildman–Crippen LogP) is 2.14. The molecule has 0 aliphatic rings. The first-order valence-corrected chi connectivity index (χ1v) is 6.69. The van der Waals surface area contributed by atoms with Crippen LogP contribution in [0.1, 0.15) is 20.8 Å². The number of benzene rings is 1. The standard InChI is InChI=1S/C11H15N3Se/c1-7(2)8(3)12-9-5-4-6-10-11(9)14-15-13-10/h4-8,12H,1-3H3. The minimum absolute atomic E-state index is 0.0567. The zero-order chi connectivity index (χ0) is 10.8. The van der Waals surface area contributed by atoms with E-state index in [-0.39, 0.29) is 15.0 Å². The summed E-state index contributed by atoms with van der Waals surface area (Å²) in [6, 6.07) is 6.60. The average Bonchev–Trinajstić information content (AvgIpc) is 2.66. The Hall–Kier alpha value is -0.861. The summed E-state index contributed by atoms with van der Waals surface area (Å²) >= 11 is 0.0567. The first kappa shape index (κ1) is 10.7. The Kier molecular flexibility index (Phi) is 3.08. The van der Waals surface area contributed by atoms with E-state index in [1.807, 2.05) is 12.1 Å². The molecular formula is C11H15N3Se. The fourth-order valence-electron chi connectivity index (χ4n) is 1.33. The van der Waals surface area contributed by atoms with Crippen molar-refractivity contribution in [2.75, 3.05) is 5.32 Å². The fraction of sp³-hybridized carbons (Fsp3) is 0.455. The Morgan fingerprint density at radius 3 is 2.73 bits per heavy atom. The fourth-order valence-corrected chi connectivity index (χ4v) is 2.49. The number of nitrogens with zero attached hydrogens (tertiary/aromatic N) is 2. The van der Waals surface area contributed by atoms with Crippen molar-refractivity contribution in [3.05, 3.63) is 18.2 Å². The maximum atomic E-state index is 4.44. The molecule has 15 heavy (non-hydrogen) atoms. The van der Waals surface area contributed by atoms with Gasteiger partial charge in [-0.1, -0.05) is 0 Å². The van der Waals surface area contributed by atoms with Crippen LogP contribution in [0.3, 0.4) is 0 Å². The second-order valence-corrected chi connectivity index (χ2v) is 5.22.